The molecule has 2 aliphatic carbocycles. The fraction of sp³-hybridized carbons (Fsp3) is 0.750. The molecular weight excluding hydrogens is 471 g/mol. The molecule has 2 N–H and O–H groups in total. The van der Waals surface area contributed by atoms with Crippen LogP contribution in [0.2, 0.25) is 0 Å². The van der Waals surface area contributed by atoms with Crippen LogP contribution in [0.25, 0.3) is 0 Å². The van der Waals surface area contributed by atoms with E-state index in [1.807, 2.05) is 0 Å². The Morgan fingerprint density at radius 2 is 1.79 bits per heavy atom. The molecule has 4 atom stereocenters. The molecule has 2 fully saturated rings. The van der Waals surface area contributed by atoms with Gasteiger partial charge in [-0.25, -0.2) is 0 Å². The second kappa shape index (κ2) is 10.6. The van der Waals surface area contributed by atoms with Crippen molar-refractivity contribution in [1.82, 2.24) is 15.5 Å². The van der Waals surface area contributed by atoms with Crippen molar-refractivity contribution in [3.05, 3.63) is 12.2 Å². The van der Waals surface area contributed by atoms with Crippen molar-refractivity contribution in [2.45, 2.75) is 26.7 Å². The molecule has 3 rings (SSSR count). The van der Waals surface area contributed by atoms with Gasteiger partial charge in [-0.3, -0.25) is 19.5 Å². The molecule has 0 radical (unpaired) electrons. The molecule has 7 nitrogen and oxygen atoms in total. The van der Waals surface area contributed by atoms with E-state index in [9.17, 15) is 9.59 Å². The summed E-state index contributed by atoms with van der Waals surface area (Å²) in [6.07, 6.45) is 5.94. The highest BCUT2D eigenvalue weighted by atomic mass is 127. The van der Waals surface area contributed by atoms with E-state index in [-0.39, 0.29) is 59.5 Å². The minimum Gasteiger partial charge on any atom is -0.379 e. The highest BCUT2D eigenvalue weighted by molar-refractivity contribution is 14.0. The number of guanidine groups is 1. The molecule has 3 aliphatic rings. The summed E-state index contributed by atoms with van der Waals surface area (Å²) >= 11 is 0. The summed E-state index contributed by atoms with van der Waals surface area (Å²) in [4.78, 5) is 30.9. The van der Waals surface area contributed by atoms with E-state index in [0.29, 0.717) is 44.5 Å². The standard InChI is InChI=1S/C20H32N4O3.HI/c1-13(2)12-27-10-8-23-20(21-3)22-7-4-9-24-18(25)16-14-5-6-15(11-14)17(16)19(24)26;/h5-6,13-17H,4,7-12H2,1-3H3,(H2,21,22,23);1H. The van der Waals surface area contributed by atoms with E-state index in [0.717, 1.165) is 13.0 Å². The van der Waals surface area contributed by atoms with Crippen molar-refractivity contribution in [3.63, 3.8) is 0 Å². The lowest BCUT2D eigenvalue weighted by Crippen LogP contribution is -2.41. The molecule has 0 aromatic rings. The van der Waals surface area contributed by atoms with Crippen molar-refractivity contribution >= 4 is 41.8 Å². The summed E-state index contributed by atoms with van der Waals surface area (Å²) in [5.41, 5.74) is 0. The Hall–Kier alpha value is -1.16. The topological polar surface area (TPSA) is 83.0 Å². The van der Waals surface area contributed by atoms with Crippen LogP contribution in [0.1, 0.15) is 26.7 Å². The first kappa shape index (κ1) is 23.1. The van der Waals surface area contributed by atoms with Gasteiger partial charge in [0.15, 0.2) is 5.96 Å². The third-order valence-electron chi connectivity index (χ3n) is 5.63. The summed E-state index contributed by atoms with van der Waals surface area (Å²) in [5, 5.41) is 6.42. The lowest BCUT2D eigenvalue weighted by Gasteiger charge is -2.18. The third kappa shape index (κ3) is 5.06. The van der Waals surface area contributed by atoms with Gasteiger partial charge in [-0.15, -0.1) is 24.0 Å². The van der Waals surface area contributed by atoms with E-state index in [2.05, 4.69) is 41.6 Å². The van der Waals surface area contributed by atoms with E-state index < -0.39 is 0 Å². The maximum Gasteiger partial charge on any atom is 0.233 e. The fourth-order valence-electron chi connectivity index (χ4n) is 4.41. The number of hydrogen-bond acceptors (Lipinski definition) is 4. The number of imide groups is 1. The van der Waals surface area contributed by atoms with E-state index in [1.54, 1.807) is 7.05 Å². The summed E-state index contributed by atoms with van der Waals surface area (Å²) in [6.45, 7) is 7.46. The van der Waals surface area contributed by atoms with Crippen LogP contribution in [0.15, 0.2) is 17.1 Å². The Bertz CT molecular complexity index is 593. The lowest BCUT2D eigenvalue weighted by atomic mass is 9.85. The molecule has 0 aromatic heterocycles. The van der Waals surface area contributed by atoms with Gasteiger partial charge in [0, 0.05) is 33.3 Å². The van der Waals surface area contributed by atoms with Gasteiger partial charge in [0.25, 0.3) is 0 Å². The number of carbonyl (C=O) groups is 2. The van der Waals surface area contributed by atoms with Crippen LogP contribution in [0.5, 0.6) is 0 Å². The van der Waals surface area contributed by atoms with Crippen LogP contribution in [0.4, 0.5) is 0 Å². The zero-order chi connectivity index (χ0) is 19.4. The van der Waals surface area contributed by atoms with Gasteiger partial charge in [-0.2, -0.15) is 0 Å². The van der Waals surface area contributed by atoms with E-state index >= 15 is 0 Å². The van der Waals surface area contributed by atoms with Gasteiger partial charge >= 0.3 is 0 Å². The molecule has 28 heavy (non-hydrogen) atoms. The predicted molar refractivity (Wildman–Crippen MR) is 119 cm³/mol. The minimum absolute atomic E-state index is 0. The van der Waals surface area contributed by atoms with Crippen molar-refractivity contribution in [1.29, 1.82) is 0 Å². The Morgan fingerprint density at radius 1 is 1.18 bits per heavy atom. The molecule has 4 unspecified atom stereocenters. The number of fused-ring (bicyclic) bond motifs is 5. The quantitative estimate of drug-likeness (QED) is 0.125. The molecular formula is C20H33IN4O3. The predicted octanol–water partition coefficient (Wildman–Crippen LogP) is 1.64. The number of hydrogen-bond donors (Lipinski definition) is 2. The number of likely N-dealkylation sites (tertiary alicyclic amines) is 1. The monoisotopic (exact) mass is 504 g/mol. The fourth-order valence-corrected chi connectivity index (χ4v) is 4.41. The lowest BCUT2D eigenvalue weighted by molar-refractivity contribution is -0.140. The highest BCUT2D eigenvalue weighted by Crippen LogP contribution is 2.52. The van der Waals surface area contributed by atoms with Crippen LogP contribution in [0, 0.1) is 29.6 Å². The first-order valence-electron chi connectivity index (χ1n) is 10.1. The number of halogens is 1. The number of carbonyl (C=O) groups excluding carboxylic acids is 2. The van der Waals surface area contributed by atoms with E-state index in [1.165, 1.54) is 4.90 Å². The summed E-state index contributed by atoms with van der Waals surface area (Å²) in [6, 6.07) is 0. The average molecular weight is 504 g/mol. The molecule has 1 aliphatic heterocycles. The Labute approximate surface area is 184 Å². The first-order chi connectivity index (χ1) is 13.0. The Balaban J connectivity index is 0.00000280. The van der Waals surface area contributed by atoms with Gasteiger partial charge in [0.2, 0.25) is 11.8 Å². The molecule has 0 aromatic carbocycles. The molecule has 2 amide bonds. The van der Waals surface area contributed by atoms with Crippen molar-refractivity contribution < 1.29 is 14.3 Å². The van der Waals surface area contributed by atoms with Crippen LogP contribution >= 0.6 is 24.0 Å². The zero-order valence-electron chi connectivity index (χ0n) is 17.0. The van der Waals surface area contributed by atoms with Crippen LogP contribution in [-0.2, 0) is 14.3 Å². The van der Waals surface area contributed by atoms with Crippen molar-refractivity contribution in [2.24, 2.45) is 34.6 Å². The van der Waals surface area contributed by atoms with Gasteiger partial charge in [-0.05, 0) is 30.6 Å². The average Bonchev–Trinajstić information content (AvgIpc) is 3.31. The van der Waals surface area contributed by atoms with Crippen LogP contribution in [0.3, 0.4) is 0 Å². The van der Waals surface area contributed by atoms with Gasteiger partial charge < -0.3 is 15.4 Å². The molecule has 1 saturated carbocycles. The maximum atomic E-state index is 12.6. The Morgan fingerprint density at radius 3 is 2.36 bits per heavy atom. The van der Waals surface area contributed by atoms with Crippen LogP contribution < -0.4 is 10.6 Å². The molecule has 1 heterocycles. The SMILES string of the molecule is CN=C(NCCCN1C(=O)C2C3C=CC(C3)C2C1=O)NCCOCC(C)C.I. The number of amides is 2. The smallest absolute Gasteiger partial charge is 0.233 e. The highest BCUT2D eigenvalue weighted by Gasteiger charge is 2.58. The third-order valence-corrected chi connectivity index (χ3v) is 5.63. The minimum atomic E-state index is -0.0965. The maximum absolute atomic E-state index is 12.6. The molecule has 8 heteroatoms. The molecule has 0 spiro atoms. The number of aliphatic imine (C=N–C) groups is 1. The van der Waals surface area contributed by atoms with E-state index in [4.69, 9.17) is 4.74 Å². The molecule has 1 saturated heterocycles. The number of allylic oxidation sites excluding steroid dienone is 2. The number of nitrogens with one attached hydrogen (secondary N) is 2. The number of nitrogens with zero attached hydrogens (tertiary/aromatic N) is 2. The zero-order valence-corrected chi connectivity index (χ0v) is 19.3. The molecule has 158 valence electrons. The second-order valence-electron chi connectivity index (χ2n) is 8.08. The summed E-state index contributed by atoms with van der Waals surface area (Å²) in [7, 11) is 1.72. The van der Waals surface area contributed by atoms with Crippen LogP contribution in [-0.4, -0.2) is 62.6 Å². The molecule has 2 bridgehead atoms. The summed E-state index contributed by atoms with van der Waals surface area (Å²) < 4.78 is 5.53. The van der Waals surface area contributed by atoms with Gasteiger partial charge in [0.05, 0.1) is 18.4 Å². The largest absolute Gasteiger partial charge is 0.379 e. The van der Waals surface area contributed by atoms with Crippen molar-refractivity contribution in [2.75, 3.05) is 39.9 Å². The number of rotatable bonds is 9. The first-order valence-corrected chi connectivity index (χ1v) is 10.1. The Kier molecular flexibility index (Phi) is 8.73. The summed E-state index contributed by atoms with van der Waals surface area (Å²) in [5.74, 6) is 1.67. The van der Waals surface area contributed by atoms with Gasteiger partial charge in [0.1, 0.15) is 0 Å². The normalized spacial score (nSPS) is 28.1. The van der Waals surface area contributed by atoms with Crippen molar-refractivity contribution in [3.8, 4) is 0 Å². The number of ether oxygens (including phenoxy) is 1. The van der Waals surface area contributed by atoms with Gasteiger partial charge in [-0.1, -0.05) is 26.0 Å². The second-order valence-corrected chi connectivity index (χ2v) is 8.08.